The molecule has 170 valence electrons. The monoisotopic (exact) mass is 434 g/mol. The predicted octanol–water partition coefficient (Wildman–Crippen LogP) is 4.81. The molecule has 0 aromatic heterocycles. The fourth-order valence-corrected chi connectivity index (χ4v) is 2.99. The predicted molar refractivity (Wildman–Crippen MR) is 114 cm³/mol. The summed E-state index contributed by atoms with van der Waals surface area (Å²) in [4.78, 5) is 28.9. The number of allylic oxidation sites excluding steroid dienone is 4. The number of phosphoric acid groups is 1. The van der Waals surface area contributed by atoms with Crippen LogP contribution in [0.5, 0.6) is 0 Å². The van der Waals surface area contributed by atoms with Crippen molar-refractivity contribution < 1.29 is 33.5 Å². The van der Waals surface area contributed by atoms with Gasteiger partial charge in [0.2, 0.25) is 0 Å². The van der Waals surface area contributed by atoms with Crippen molar-refractivity contribution in [1.29, 1.82) is 0 Å². The third-order valence-electron chi connectivity index (χ3n) is 4.26. The zero-order valence-corrected chi connectivity index (χ0v) is 18.6. The lowest BCUT2D eigenvalue weighted by atomic mass is 10.1. The first-order valence-electron chi connectivity index (χ1n) is 10.7. The molecule has 0 aromatic rings. The van der Waals surface area contributed by atoms with Crippen LogP contribution < -0.4 is 0 Å². The molecule has 0 amide bonds. The van der Waals surface area contributed by atoms with E-state index in [2.05, 4.69) is 35.8 Å². The van der Waals surface area contributed by atoms with E-state index in [4.69, 9.17) is 19.6 Å². The van der Waals surface area contributed by atoms with Gasteiger partial charge in [0.1, 0.15) is 6.10 Å². The van der Waals surface area contributed by atoms with Crippen LogP contribution in [-0.2, 0) is 18.6 Å². The molecule has 29 heavy (non-hydrogen) atoms. The van der Waals surface area contributed by atoms with Crippen LogP contribution in [0.25, 0.3) is 0 Å². The fraction of sp³-hybridized carbons (Fsp3) is 0.762. The van der Waals surface area contributed by atoms with Gasteiger partial charge in [0.05, 0.1) is 13.2 Å². The Kier molecular flexibility index (Phi) is 18.4. The highest BCUT2D eigenvalue weighted by atomic mass is 31.2. The lowest BCUT2D eigenvalue weighted by molar-refractivity contribution is -0.153. The molecule has 0 aliphatic heterocycles. The smallest absolute Gasteiger partial charge is 0.457 e. The average molecular weight is 435 g/mol. The fourth-order valence-electron chi connectivity index (χ4n) is 2.63. The molecule has 1 atom stereocenters. The highest BCUT2D eigenvalue weighted by Crippen LogP contribution is 2.35. The number of ether oxygens (including phenoxy) is 1. The molecule has 3 N–H and O–H groups in total. The summed E-state index contributed by atoms with van der Waals surface area (Å²) in [7, 11) is -4.64. The van der Waals surface area contributed by atoms with Gasteiger partial charge in [0, 0.05) is 6.42 Å². The summed E-state index contributed by atoms with van der Waals surface area (Å²) < 4.78 is 19.8. The molecule has 0 aliphatic carbocycles. The van der Waals surface area contributed by atoms with E-state index < -0.39 is 33.1 Å². The largest absolute Gasteiger partial charge is 0.469 e. The number of aliphatic hydroxyl groups is 1. The van der Waals surface area contributed by atoms with Gasteiger partial charge < -0.3 is 19.6 Å². The minimum atomic E-state index is -4.64. The zero-order valence-electron chi connectivity index (χ0n) is 17.7. The maximum Gasteiger partial charge on any atom is 0.469 e. The number of hydrogen-bond donors (Lipinski definition) is 3. The van der Waals surface area contributed by atoms with Crippen molar-refractivity contribution in [2.24, 2.45) is 0 Å². The Bertz CT molecular complexity index is 499. The van der Waals surface area contributed by atoms with E-state index in [1.165, 1.54) is 25.7 Å². The van der Waals surface area contributed by atoms with E-state index in [1.54, 1.807) is 0 Å². The van der Waals surface area contributed by atoms with E-state index >= 15 is 0 Å². The Morgan fingerprint density at radius 1 is 0.931 bits per heavy atom. The van der Waals surface area contributed by atoms with Gasteiger partial charge >= 0.3 is 13.8 Å². The first-order valence-corrected chi connectivity index (χ1v) is 12.2. The number of aliphatic hydroxyl groups excluding tert-OH is 1. The van der Waals surface area contributed by atoms with Gasteiger partial charge in [-0.2, -0.15) is 0 Å². The maximum absolute atomic E-state index is 11.7. The number of esters is 1. The molecule has 0 aliphatic rings. The minimum absolute atomic E-state index is 0.219. The van der Waals surface area contributed by atoms with Crippen molar-refractivity contribution in [3.8, 4) is 0 Å². The quantitative estimate of drug-likeness (QED) is 0.116. The molecule has 0 heterocycles. The summed E-state index contributed by atoms with van der Waals surface area (Å²) >= 11 is 0. The lowest BCUT2D eigenvalue weighted by Crippen LogP contribution is -2.26. The minimum Gasteiger partial charge on any atom is -0.457 e. The van der Waals surface area contributed by atoms with Crippen LogP contribution in [0.15, 0.2) is 24.3 Å². The first-order chi connectivity index (χ1) is 13.9. The van der Waals surface area contributed by atoms with Crippen LogP contribution in [-0.4, -0.2) is 40.2 Å². The molecule has 0 saturated carbocycles. The van der Waals surface area contributed by atoms with Crippen LogP contribution in [0.1, 0.15) is 84.0 Å². The molecule has 1 unspecified atom stereocenters. The average Bonchev–Trinajstić information content (AvgIpc) is 2.67. The molecule has 0 spiro atoms. The summed E-state index contributed by atoms with van der Waals surface area (Å²) in [6.07, 6.45) is 20.1. The van der Waals surface area contributed by atoms with Crippen LogP contribution in [0.2, 0.25) is 0 Å². The number of hydrogen-bond acceptors (Lipinski definition) is 5. The number of rotatable bonds is 19. The third kappa shape index (κ3) is 21.5. The maximum atomic E-state index is 11.7. The second-order valence-corrected chi connectivity index (χ2v) is 8.30. The molecule has 0 aromatic carbocycles. The summed E-state index contributed by atoms with van der Waals surface area (Å²) in [6.45, 7) is 1.13. The standard InChI is InChI=1S/C21H39O7P/c1-2-3-4-5-6-7-8-9-10-11-12-13-14-15-16-17-21(23)28-20(18-22)19-27-29(24,25)26/h6-7,9-10,20,22H,2-5,8,11-19H2,1H3,(H2,24,25,26). The van der Waals surface area contributed by atoms with Crippen LogP contribution in [0.4, 0.5) is 0 Å². The molecule has 0 rings (SSSR count). The lowest BCUT2D eigenvalue weighted by Gasteiger charge is -2.15. The Morgan fingerprint density at radius 3 is 2.10 bits per heavy atom. The highest BCUT2D eigenvalue weighted by Gasteiger charge is 2.20. The molecule has 0 radical (unpaired) electrons. The molecular formula is C21H39O7P. The number of unbranched alkanes of at least 4 members (excludes halogenated alkanes) is 8. The van der Waals surface area contributed by atoms with Crippen molar-refractivity contribution in [3.05, 3.63) is 24.3 Å². The van der Waals surface area contributed by atoms with E-state index in [1.807, 2.05) is 0 Å². The highest BCUT2D eigenvalue weighted by molar-refractivity contribution is 7.46. The van der Waals surface area contributed by atoms with E-state index in [-0.39, 0.29) is 6.42 Å². The van der Waals surface area contributed by atoms with Crippen molar-refractivity contribution in [2.45, 2.75) is 90.1 Å². The van der Waals surface area contributed by atoms with Gasteiger partial charge in [-0.25, -0.2) is 4.57 Å². The second-order valence-electron chi connectivity index (χ2n) is 7.06. The van der Waals surface area contributed by atoms with Crippen molar-refractivity contribution in [2.75, 3.05) is 13.2 Å². The molecule has 0 saturated heterocycles. The second kappa shape index (κ2) is 19.0. The van der Waals surface area contributed by atoms with E-state index in [0.717, 1.165) is 38.5 Å². The summed E-state index contributed by atoms with van der Waals surface area (Å²) in [5, 5.41) is 9.06. The number of carbonyl (C=O) groups excluding carboxylic acids is 1. The topological polar surface area (TPSA) is 113 Å². The van der Waals surface area contributed by atoms with Gasteiger partial charge in [-0.3, -0.25) is 9.32 Å². The SMILES string of the molecule is CCCCCC=CCC=CCCCCCCCC(=O)OC(CO)COP(=O)(O)O. The Morgan fingerprint density at radius 2 is 1.52 bits per heavy atom. The molecule has 0 fully saturated rings. The molecule has 8 heteroatoms. The summed E-state index contributed by atoms with van der Waals surface area (Å²) in [5.74, 6) is -0.496. The molecule has 0 bridgehead atoms. The first kappa shape index (κ1) is 28.0. The van der Waals surface area contributed by atoms with Gasteiger partial charge in [-0.1, -0.05) is 63.3 Å². The van der Waals surface area contributed by atoms with E-state index in [9.17, 15) is 9.36 Å². The Balaban J connectivity index is 3.56. The third-order valence-corrected chi connectivity index (χ3v) is 4.75. The van der Waals surface area contributed by atoms with Crippen molar-refractivity contribution in [1.82, 2.24) is 0 Å². The number of phosphoric ester groups is 1. The summed E-state index contributed by atoms with van der Waals surface area (Å²) in [5.41, 5.74) is 0. The van der Waals surface area contributed by atoms with Crippen LogP contribution >= 0.6 is 7.82 Å². The van der Waals surface area contributed by atoms with Crippen LogP contribution in [0, 0.1) is 0 Å². The molecule has 7 nitrogen and oxygen atoms in total. The van der Waals surface area contributed by atoms with Gasteiger partial charge in [-0.05, 0) is 38.5 Å². The van der Waals surface area contributed by atoms with Crippen molar-refractivity contribution in [3.63, 3.8) is 0 Å². The van der Waals surface area contributed by atoms with E-state index in [0.29, 0.717) is 6.42 Å². The summed E-state index contributed by atoms with van der Waals surface area (Å²) in [6, 6.07) is 0. The normalized spacial score (nSPS) is 13.4. The van der Waals surface area contributed by atoms with Gasteiger partial charge in [-0.15, -0.1) is 0 Å². The Labute approximate surface area is 175 Å². The number of carbonyl (C=O) groups is 1. The van der Waals surface area contributed by atoms with Crippen LogP contribution in [0.3, 0.4) is 0 Å². The van der Waals surface area contributed by atoms with Crippen molar-refractivity contribution >= 4 is 13.8 Å². The molecular weight excluding hydrogens is 395 g/mol. The zero-order chi connectivity index (χ0) is 21.8. The van der Waals surface area contributed by atoms with Gasteiger partial charge in [0.15, 0.2) is 0 Å². The van der Waals surface area contributed by atoms with Gasteiger partial charge in [0.25, 0.3) is 0 Å². The Hall–Kier alpha value is -0.980.